The van der Waals surface area contributed by atoms with Gasteiger partial charge >= 0.3 is 0 Å². The first-order chi connectivity index (χ1) is 6.75. The SMILES string of the molecule is CN1CCOC(c2ccc(F)cc2)C1. The highest BCUT2D eigenvalue weighted by Crippen LogP contribution is 2.21. The zero-order valence-electron chi connectivity index (χ0n) is 8.24. The first-order valence-corrected chi connectivity index (χ1v) is 4.81. The summed E-state index contributed by atoms with van der Waals surface area (Å²) in [5.41, 5.74) is 1.05. The molecule has 1 aromatic rings. The molecule has 0 aliphatic carbocycles. The first kappa shape index (κ1) is 9.62. The van der Waals surface area contributed by atoms with E-state index in [-0.39, 0.29) is 11.9 Å². The van der Waals surface area contributed by atoms with E-state index in [0.717, 1.165) is 25.3 Å². The lowest BCUT2D eigenvalue weighted by Crippen LogP contribution is -2.35. The van der Waals surface area contributed by atoms with Gasteiger partial charge in [-0.05, 0) is 24.7 Å². The van der Waals surface area contributed by atoms with Crippen molar-refractivity contribution in [2.24, 2.45) is 0 Å². The third kappa shape index (κ3) is 2.11. The van der Waals surface area contributed by atoms with Crippen LogP contribution in [0.3, 0.4) is 0 Å². The van der Waals surface area contributed by atoms with Crippen LogP contribution in [0, 0.1) is 5.82 Å². The molecule has 1 aromatic carbocycles. The summed E-state index contributed by atoms with van der Waals surface area (Å²) in [7, 11) is 2.07. The number of ether oxygens (including phenoxy) is 1. The summed E-state index contributed by atoms with van der Waals surface area (Å²) in [5.74, 6) is -0.196. The van der Waals surface area contributed by atoms with E-state index in [4.69, 9.17) is 4.74 Å². The first-order valence-electron chi connectivity index (χ1n) is 4.81. The van der Waals surface area contributed by atoms with E-state index in [9.17, 15) is 4.39 Å². The normalized spacial score (nSPS) is 23.7. The molecule has 0 amide bonds. The Morgan fingerprint density at radius 2 is 2.07 bits per heavy atom. The number of morpholine rings is 1. The summed E-state index contributed by atoms with van der Waals surface area (Å²) in [5, 5.41) is 0. The van der Waals surface area contributed by atoms with Crippen molar-refractivity contribution in [3.8, 4) is 0 Å². The van der Waals surface area contributed by atoms with Gasteiger partial charge in [-0.1, -0.05) is 12.1 Å². The minimum Gasteiger partial charge on any atom is -0.371 e. The van der Waals surface area contributed by atoms with Crippen LogP contribution in [-0.2, 0) is 4.74 Å². The van der Waals surface area contributed by atoms with Crippen LogP contribution in [0.2, 0.25) is 0 Å². The maximum absolute atomic E-state index is 12.7. The Morgan fingerprint density at radius 3 is 2.71 bits per heavy atom. The van der Waals surface area contributed by atoms with Crippen molar-refractivity contribution in [2.45, 2.75) is 6.10 Å². The quantitative estimate of drug-likeness (QED) is 0.677. The number of benzene rings is 1. The Morgan fingerprint density at radius 1 is 1.36 bits per heavy atom. The summed E-state index contributed by atoms with van der Waals surface area (Å²) in [6, 6.07) is 6.54. The molecule has 3 heteroatoms. The second kappa shape index (κ2) is 4.07. The fraction of sp³-hybridized carbons (Fsp3) is 0.455. The molecule has 1 atom stereocenters. The van der Waals surface area contributed by atoms with Crippen LogP contribution in [0.25, 0.3) is 0 Å². The Bertz CT molecular complexity index is 299. The lowest BCUT2D eigenvalue weighted by Gasteiger charge is -2.30. The van der Waals surface area contributed by atoms with Crippen molar-refractivity contribution in [3.63, 3.8) is 0 Å². The topological polar surface area (TPSA) is 12.5 Å². The van der Waals surface area contributed by atoms with Gasteiger partial charge in [0.25, 0.3) is 0 Å². The minimum atomic E-state index is -0.196. The molecule has 0 aromatic heterocycles. The Kier molecular flexibility index (Phi) is 2.79. The largest absolute Gasteiger partial charge is 0.371 e. The fourth-order valence-corrected chi connectivity index (χ4v) is 1.66. The van der Waals surface area contributed by atoms with E-state index in [1.54, 1.807) is 12.1 Å². The van der Waals surface area contributed by atoms with E-state index < -0.39 is 0 Å². The highest BCUT2D eigenvalue weighted by atomic mass is 19.1. The van der Waals surface area contributed by atoms with Crippen molar-refractivity contribution in [3.05, 3.63) is 35.6 Å². The van der Waals surface area contributed by atoms with E-state index in [2.05, 4.69) is 11.9 Å². The summed E-state index contributed by atoms with van der Waals surface area (Å²) < 4.78 is 18.3. The predicted molar refractivity (Wildman–Crippen MR) is 52.6 cm³/mol. The van der Waals surface area contributed by atoms with Crippen LogP contribution in [0.5, 0.6) is 0 Å². The van der Waals surface area contributed by atoms with Crippen molar-refractivity contribution in [1.82, 2.24) is 4.90 Å². The van der Waals surface area contributed by atoms with Crippen LogP contribution < -0.4 is 0 Å². The van der Waals surface area contributed by atoms with E-state index in [0.29, 0.717) is 0 Å². The molecular formula is C11H14FNO. The van der Waals surface area contributed by atoms with Gasteiger partial charge in [0.2, 0.25) is 0 Å². The lowest BCUT2D eigenvalue weighted by atomic mass is 10.1. The Hall–Kier alpha value is -0.930. The van der Waals surface area contributed by atoms with Gasteiger partial charge in [-0.3, -0.25) is 0 Å². The summed E-state index contributed by atoms with van der Waals surface area (Å²) in [6.07, 6.45) is 0.0920. The van der Waals surface area contributed by atoms with Gasteiger partial charge in [-0.25, -0.2) is 4.39 Å². The summed E-state index contributed by atoms with van der Waals surface area (Å²) >= 11 is 0. The molecule has 0 radical (unpaired) electrons. The van der Waals surface area contributed by atoms with Crippen molar-refractivity contribution >= 4 is 0 Å². The van der Waals surface area contributed by atoms with Gasteiger partial charge in [-0.15, -0.1) is 0 Å². The highest BCUT2D eigenvalue weighted by Gasteiger charge is 2.18. The molecule has 1 unspecified atom stereocenters. The number of hydrogen-bond acceptors (Lipinski definition) is 2. The molecule has 1 fully saturated rings. The maximum Gasteiger partial charge on any atom is 0.123 e. The average molecular weight is 195 g/mol. The number of nitrogens with zero attached hydrogens (tertiary/aromatic N) is 1. The molecule has 0 N–H and O–H groups in total. The fourth-order valence-electron chi connectivity index (χ4n) is 1.66. The summed E-state index contributed by atoms with van der Waals surface area (Å²) in [6.45, 7) is 2.60. The number of likely N-dealkylation sites (N-methyl/N-ethyl adjacent to an activating group) is 1. The Labute approximate surface area is 83.3 Å². The van der Waals surface area contributed by atoms with Crippen molar-refractivity contribution in [2.75, 3.05) is 26.7 Å². The second-order valence-corrected chi connectivity index (χ2v) is 3.67. The molecule has 14 heavy (non-hydrogen) atoms. The van der Waals surface area contributed by atoms with Gasteiger partial charge in [0.15, 0.2) is 0 Å². The number of rotatable bonds is 1. The third-order valence-electron chi connectivity index (χ3n) is 2.51. The highest BCUT2D eigenvalue weighted by molar-refractivity contribution is 5.19. The lowest BCUT2D eigenvalue weighted by molar-refractivity contribution is -0.0209. The third-order valence-corrected chi connectivity index (χ3v) is 2.51. The van der Waals surface area contributed by atoms with Gasteiger partial charge < -0.3 is 9.64 Å². The molecule has 1 heterocycles. The van der Waals surface area contributed by atoms with E-state index in [1.165, 1.54) is 12.1 Å². The van der Waals surface area contributed by atoms with Gasteiger partial charge in [0, 0.05) is 13.1 Å². The average Bonchev–Trinajstić information content (AvgIpc) is 2.19. The monoisotopic (exact) mass is 195 g/mol. The molecule has 76 valence electrons. The van der Waals surface area contributed by atoms with E-state index >= 15 is 0 Å². The Balaban J connectivity index is 2.10. The van der Waals surface area contributed by atoms with Crippen LogP contribution >= 0.6 is 0 Å². The molecule has 1 aliphatic rings. The van der Waals surface area contributed by atoms with Crippen LogP contribution in [0.1, 0.15) is 11.7 Å². The smallest absolute Gasteiger partial charge is 0.123 e. The molecule has 1 aliphatic heterocycles. The standard InChI is InChI=1S/C11H14FNO/c1-13-6-7-14-11(8-13)9-2-4-10(12)5-3-9/h2-5,11H,6-8H2,1H3. The second-order valence-electron chi connectivity index (χ2n) is 3.67. The molecular weight excluding hydrogens is 181 g/mol. The predicted octanol–water partition coefficient (Wildman–Crippen LogP) is 1.83. The molecule has 2 nitrogen and oxygen atoms in total. The van der Waals surface area contributed by atoms with Crippen LogP contribution in [-0.4, -0.2) is 31.6 Å². The summed E-state index contributed by atoms with van der Waals surface area (Å²) in [4.78, 5) is 2.22. The van der Waals surface area contributed by atoms with Gasteiger partial charge in [0.05, 0.1) is 12.7 Å². The van der Waals surface area contributed by atoms with E-state index in [1.807, 2.05) is 0 Å². The molecule has 0 bridgehead atoms. The van der Waals surface area contributed by atoms with Gasteiger partial charge in [-0.2, -0.15) is 0 Å². The zero-order chi connectivity index (χ0) is 9.97. The van der Waals surface area contributed by atoms with Crippen molar-refractivity contribution in [1.29, 1.82) is 0 Å². The number of halogens is 1. The number of hydrogen-bond donors (Lipinski definition) is 0. The molecule has 0 spiro atoms. The maximum atomic E-state index is 12.7. The van der Waals surface area contributed by atoms with Crippen LogP contribution in [0.15, 0.2) is 24.3 Å². The van der Waals surface area contributed by atoms with Gasteiger partial charge in [0.1, 0.15) is 5.82 Å². The molecule has 1 saturated heterocycles. The molecule has 2 rings (SSSR count). The zero-order valence-corrected chi connectivity index (χ0v) is 8.24. The molecule has 0 saturated carbocycles. The minimum absolute atomic E-state index is 0.0920. The van der Waals surface area contributed by atoms with Crippen molar-refractivity contribution < 1.29 is 9.13 Å². The van der Waals surface area contributed by atoms with Crippen LogP contribution in [0.4, 0.5) is 4.39 Å².